The van der Waals surface area contributed by atoms with Crippen molar-refractivity contribution in [2.75, 3.05) is 0 Å². The molecule has 13 heavy (non-hydrogen) atoms. The molecule has 0 spiro atoms. The number of aromatic hydroxyl groups is 1. The van der Waals surface area contributed by atoms with E-state index in [0.29, 0.717) is 17.5 Å². The van der Waals surface area contributed by atoms with Gasteiger partial charge in [-0.05, 0) is 12.5 Å². The van der Waals surface area contributed by atoms with Gasteiger partial charge in [0.1, 0.15) is 5.75 Å². The van der Waals surface area contributed by atoms with Crippen molar-refractivity contribution >= 4 is 0 Å². The number of hydrogen-bond acceptors (Lipinski definition) is 3. The van der Waals surface area contributed by atoms with Gasteiger partial charge >= 0.3 is 0 Å². The van der Waals surface area contributed by atoms with Crippen LogP contribution in [0.5, 0.6) is 5.75 Å². The minimum atomic E-state index is -1.55. The molecule has 3 N–H and O–H groups in total. The van der Waals surface area contributed by atoms with Crippen LogP contribution in [0.15, 0.2) is 30.9 Å². The summed E-state index contributed by atoms with van der Waals surface area (Å²) in [6.45, 7) is 3.52. The highest BCUT2D eigenvalue weighted by Gasteiger charge is 2.11. The molecule has 0 atom stereocenters. The van der Waals surface area contributed by atoms with E-state index in [0.717, 1.165) is 0 Å². The molecule has 0 amide bonds. The van der Waals surface area contributed by atoms with Crippen LogP contribution in [0.3, 0.4) is 0 Å². The van der Waals surface area contributed by atoms with Crippen LogP contribution in [0.1, 0.15) is 17.4 Å². The second kappa shape index (κ2) is 4.07. The maximum atomic E-state index is 9.40. The van der Waals surface area contributed by atoms with Gasteiger partial charge in [0.2, 0.25) is 0 Å². The lowest BCUT2D eigenvalue weighted by atomic mass is 10.0. The molecule has 0 aromatic heterocycles. The fourth-order valence-corrected chi connectivity index (χ4v) is 1.20. The van der Waals surface area contributed by atoms with Crippen molar-refractivity contribution in [3.05, 3.63) is 42.0 Å². The van der Waals surface area contributed by atoms with Gasteiger partial charge < -0.3 is 15.3 Å². The minimum Gasteiger partial charge on any atom is -0.508 e. The van der Waals surface area contributed by atoms with Crippen LogP contribution < -0.4 is 0 Å². The molecule has 0 saturated heterocycles. The molecule has 1 aromatic carbocycles. The highest BCUT2D eigenvalue weighted by atomic mass is 16.5. The first-order chi connectivity index (χ1) is 6.16. The molecule has 0 aliphatic rings. The van der Waals surface area contributed by atoms with Gasteiger partial charge in [0.15, 0.2) is 6.29 Å². The summed E-state index contributed by atoms with van der Waals surface area (Å²) < 4.78 is 0. The fourth-order valence-electron chi connectivity index (χ4n) is 1.20. The van der Waals surface area contributed by atoms with E-state index >= 15 is 0 Å². The second-order valence-corrected chi connectivity index (χ2v) is 2.71. The largest absolute Gasteiger partial charge is 0.508 e. The monoisotopic (exact) mass is 180 g/mol. The Hall–Kier alpha value is -1.32. The number of allylic oxidation sites excluding steroid dienone is 1. The van der Waals surface area contributed by atoms with Crippen LogP contribution in [-0.2, 0) is 6.42 Å². The van der Waals surface area contributed by atoms with Gasteiger partial charge in [-0.15, -0.1) is 6.58 Å². The molecule has 0 aliphatic heterocycles. The van der Waals surface area contributed by atoms with E-state index in [1.54, 1.807) is 18.2 Å². The predicted molar refractivity (Wildman–Crippen MR) is 49.2 cm³/mol. The number of aliphatic hydroxyl groups is 2. The van der Waals surface area contributed by atoms with Gasteiger partial charge in [-0.2, -0.15) is 0 Å². The van der Waals surface area contributed by atoms with Crippen molar-refractivity contribution in [2.45, 2.75) is 12.7 Å². The summed E-state index contributed by atoms with van der Waals surface area (Å²) in [6, 6.07) is 4.63. The average molecular weight is 180 g/mol. The van der Waals surface area contributed by atoms with Gasteiger partial charge in [-0.1, -0.05) is 18.2 Å². The number of hydrogen-bond donors (Lipinski definition) is 3. The van der Waals surface area contributed by atoms with Crippen molar-refractivity contribution in [1.29, 1.82) is 0 Å². The molecule has 0 heterocycles. The molecule has 3 heteroatoms. The number of benzene rings is 1. The molecule has 3 nitrogen and oxygen atoms in total. The number of phenolic OH excluding ortho intramolecular Hbond substituents is 1. The molecule has 0 aliphatic carbocycles. The molecule has 1 aromatic rings. The fraction of sp³-hybridized carbons (Fsp3) is 0.200. The Morgan fingerprint density at radius 3 is 2.62 bits per heavy atom. The minimum absolute atomic E-state index is 0.0606. The number of aliphatic hydroxyl groups excluding tert-OH is 1. The molecular weight excluding hydrogens is 168 g/mol. The number of phenols is 1. The van der Waals surface area contributed by atoms with Crippen molar-refractivity contribution in [1.82, 2.24) is 0 Å². The molecule has 0 fully saturated rings. The van der Waals surface area contributed by atoms with Crippen molar-refractivity contribution < 1.29 is 15.3 Å². The van der Waals surface area contributed by atoms with Crippen LogP contribution >= 0.6 is 0 Å². The van der Waals surface area contributed by atoms with E-state index < -0.39 is 6.29 Å². The predicted octanol–water partition coefficient (Wildman–Crippen LogP) is 1.10. The quantitative estimate of drug-likeness (QED) is 0.482. The van der Waals surface area contributed by atoms with Gasteiger partial charge in [0, 0.05) is 11.1 Å². The van der Waals surface area contributed by atoms with Gasteiger partial charge in [-0.3, -0.25) is 0 Å². The first-order valence-electron chi connectivity index (χ1n) is 3.94. The maximum absolute atomic E-state index is 9.40. The lowest BCUT2D eigenvalue weighted by molar-refractivity contribution is -0.0431. The topological polar surface area (TPSA) is 60.7 Å². The third-order valence-corrected chi connectivity index (χ3v) is 1.81. The smallest absolute Gasteiger partial charge is 0.178 e. The Morgan fingerprint density at radius 1 is 1.38 bits per heavy atom. The average Bonchev–Trinajstić information content (AvgIpc) is 2.08. The summed E-state index contributed by atoms with van der Waals surface area (Å²) in [6.07, 6.45) is 0.461. The van der Waals surface area contributed by atoms with Crippen LogP contribution in [0.2, 0.25) is 0 Å². The lowest BCUT2D eigenvalue weighted by Gasteiger charge is -2.10. The maximum Gasteiger partial charge on any atom is 0.178 e. The van der Waals surface area contributed by atoms with Crippen LogP contribution in [0, 0.1) is 0 Å². The molecule has 0 unspecified atom stereocenters. The third kappa shape index (κ3) is 2.08. The Bertz CT molecular complexity index is 305. The van der Waals surface area contributed by atoms with Crippen molar-refractivity contribution in [3.8, 4) is 5.75 Å². The molecule has 1 rings (SSSR count). The van der Waals surface area contributed by atoms with E-state index in [1.165, 1.54) is 6.07 Å². The number of rotatable bonds is 3. The highest BCUT2D eigenvalue weighted by Crippen LogP contribution is 2.25. The Morgan fingerprint density at radius 2 is 2.08 bits per heavy atom. The molecule has 0 saturated carbocycles. The van der Waals surface area contributed by atoms with Crippen LogP contribution in [0.4, 0.5) is 0 Å². The Kier molecular flexibility index (Phi) is 3.06. The van der Waals surface area contributed by atoms with Crippen molar-refractivity contribution in [3.63, 3.8) is 0 Å². The summed E-state index contributed by atoms with van der Waals surface area (Å²) in [4.78, 5) is 0. The van der Waals surface area contributed by atoms with Gasteiger partial charge in [0.05, 0.1) is 0 Å². The zero-order chi connectivity index (χ0) is 9.84. The standard InChI is InChI=1S/C10H12O3/c1-2-4-7-8(10(12)13)5-3-6-9(7)11/h2-3,5-6,10-13H,1,4H2. The summed E-state index contributed by atoms with van der Waals surface area (Å²) in [7, 11) is 0. The molecule has 0 radical (unpaired) electrons. The molecule has 70 valence electrons. The first-order valence-corrected chi connectivity index (χ1v) is 3.94. The highest BCUT2D eigenvalue weighted by molar-refractivity contribution is 5.40. The van der Waals surface area contributed by atoms with E-state index in [9.17, 15) is 5.11 Å². The summed E-state index contributed by atoms with van der Waals surface area (Å²) in [5.41, 5.74) is 0.826. The normalized spacial score (nSPS) is 10.4. The van der Waals surface area contributed by atoms with Gasteiger partial charge in [0.25, 0.3) is 0 Å². The van der Waals surface area contributed by atoms with Crippen LogP contribution in [-0.4, -0.2) is 15.3 Å². The first kappa shape index (κ1) is 9.77. The summed E-state index contributed by atoms with van der Waals surface area (Å²) in [5, 5.41) is 27.3. The molecular formula is C10H12O3. The van der Waals surface area contributed by atoms with Crippen molar-refractivity contribution in [2.24, 2.45) is 0 Å². The SMILES string of the molecule is C=CCc1c(O)cccc1C(O)O. The zero-order valence-corrected chi connectivity index (χ0v) is 7.14. The Labute approximate surface area is 76.6 Å². The third-order valence-electron chi connectivity index (χ3n) is 1.81. The van der Waals surface area contributed by atoms with E-state index in [-0.39, 0.29) is 5.75 Å². The van der Waals surface area contributed by atoms with Crippen LogP contribution in [0.25, 0.3) is 0 Å². The Balaban J connectivity index is 3.16. The summed E-state index contributed by atoms with van der Waals surface area (Å²) >= 11 is 0. The second-order valence-electron chi connectivity index (χ2n) is 2.71. The van der Waals surface area contributed by atoms with Gasteiger partial charge in [-0.25, -0.2) is 0 Å². The lowest BCUT2D eigenvalue weighted by Crippen LogP contribution is -2.00. The van der Waals surface area contributed by atoms with E-state index in [2.05, 4.69) is 6.58 Å². The molecule has 0 bridgehead atoms. The summed E-state index contributed by atoms with van der Waals surface area (Å²) in [5.74, 6) is 0.0606. The zero-order valence-electron chi connectivity index (χ0n) is 7.14. The van der Waals surface area contributed by atoms with E-state index in [1.807, 2.05) is 0 Å². The van der Waals surface area contributed by atoms with E-state index in [4.69, 9.17) is 10.2 Å².